The Kier molecular flexibility index (Phi) is 5.53. The number of amides is 1. The largest absolute Gasteiger partial charge is 0.340 e. The lowest BCUT2D eigenvalue weighted by molar-refractivity contribution is -0.131. The third kappa shape index (κ3) is 3.99. The SMILES string of the molecule is Cc1nc(CC(=O)N2CCN(S(=O)(=O)c3ccc4c(c3)CCCC4)CC2)cs1. The number of hydrogen-bond donors (Lipinski definition) is 0. The van der Waals surface area contributed by atoms with Crippen LogP contribution in [0.4, 0.5) is 0 Å². The first-order valence-electron chi connectivity index (χ1n) is 9.74. The summed E-state index contributed by atoms with van der Waals surface area (Å²) < 4.78 is 27.6. The minimum atomic E-state index is -3.52. The number of aryl methyl sites for hydroxylation is 3. The van der Waals surface area contributed by atoms with Crippen LogP contribution in [0.2, 0.25) is 0 Å². The van der Waals surface area contributed by atoms with Gasteiger partial charge < -0.3 is 4.90 Å². The van der Waals surface area contributed by atoms with Gasteiger partial charge in [-0.3, -0.25) is 4.79 Å². The van der Waals surface area contributed by atoms with Crippen molar-refractivity contribution < 1.29 is 13.2 Å². The second-order valence-corrected chi connectivity index (χ2v) is 10.5. The van der Waals surface area contributed by atoms with Gasteiger partial charge in [-0.25, -0.2) is 13.4 Å². The summed E-state index contributed by atoms with van der Waals surface area (Å²) in [6.07, 6.45) is 4.57. The summed E-state index contributed by atoms with van der Waals surface area (Å²) in [5.74, 6) is 0.0103. The lowest BCUT2D eigenvalue weighted by Gasteiger charge is -2.34. The molecule has 1 fully saturated rings. The Morgan fingerprint density at radius 3 is 2.50 bits per heavy atom. The number of thiazole rings is 1. The van der Waals surface area contributed by atoms with Crippen molar-refractivity contribution in [2.45, 2.75) is 43.9 Å². The molecule has 8 heteroatoms. The zero-order valence-electron chi connectivity index (χ0n) is 16.1. The molecular weight excluding hydrogens is 394 g/mol. The van der Waals surface area contributed by atoms with Crippen molar-refractivity contribution in [2.24, 2.45) is 0 Å². The number of fused-ring (bicyclic) bond motifs is 1. The summed E-state index contributed by atoms with van der Waals surface area (Å²) in [6, 6.07) is 5.56. The highest BCUT2D eigenvalue weighted by Crippen LogP contribution is 2.26. The average molecular weight is 420 g/mol. The molecule has 4 rings (SSSR count). The van der Waals surface area contributed by atoms with Crippen LogP contribution in [0.25, 0.3) is 0 Å². The molecule has 0 unspecified atom stereocenters. The molecular formula is C20H25N3O3S2. The van der Waals surface area contributed by atoms with Gasteiger partial charge in [-0.05, 0) is 55.9 Å². The number of carbonyl (C=O) groups is 1. The van der Waals surface area contributed by atoms with E-state index in [9.17, 15) is 13.2 Å². The van der Waals surface area contributed by atoms with Gasteiger partial charge in [0.15, 0.2) is 0 Å². The van der Waals surface area contributed by atoms with Crippen molar-refractivity contribution in [3.05, 3.63) is 45.4 Å². The van der Waals surface area contributed by atoms with E-state index in [0.717, 1.165) is 30.0 Å². The maximum atomic E-state index is 13.1. The molecule has 0 bridgehead atoms. The third-order valence-corrected chi connectivity index (χ3v) is 8.26. The molecule has 0 N–H and O–H groups in total. The smallest absolute Gasteiger partial charge is 0.243 e. The van der Waals surface area contributed by atoms with Gasteiger partial charge in [0.1, 0.15) is 0 Å². The highest BCUT2D eigenvalue weighted by molar-refractivity contribution is 7.89. The number of rotatable bonds is 4. The number of hydrogen-bond acceptors (Lipinski definition) is 5. The molecule has 0 spiro atoms. The zero-order chi connectivity index (χ0) is 19.7. The van der Waals surface area contributed by atoms with Crippen LogP contribution in [0, 0.1) is 6.92 Å². The molecule has 2 aromatic rings. The Morgan fingerprint density at radius 1 is 1.11 bits per heavy atom. The molecule has 1 aliphatic heterocycles. The minimum absolute atomic E-state index is 0.0103. The van der Waals surface area contributed by atoms with Crippen LogP contribution in [-0.4, -0.2) is 54.7 Å². The number of sulfonamides is 1. The number of benzene rings is 1. The fraction of sp³-hybridized carbons (Fsp3) is 0.500. The Balaban J connectivity index is 1.40. The van der Waals surface area contributed by atoms with E-state index < -0.39 is 10.0 Å². The van der Waals surface area contributed by atoms with E-state index >= 15 is 0 Å². The molecule has 6 nitrogen and oxygen atoms in total. The molecule has 0 saturated carbocycles. The minimum Gasteiger partial charge on any atom is -0.340 e. The van der Waals surface area contributed by atoms with Crippen molar-refractivity contribution >= 4 is 27.3 Å². The maximum absolute atomic E-state index is 13.1. The van der Waals surface area contributed by atoms with Gasteiger partial charge in [-0.1, -0.05) is 6.07 Å². The molecule has 2 heterocycles. The summed E-state index contributed by atoms with van der Waals surface area (Å²) in [5.41, 5.74) is 3.23. The van der Waals surface area contributed by atoms with Gasteiger partial charge in [0.2, 0.25) is 15.9 Å². The number of nitrogens with zero attached hydrogens (tertiary/aromatic N) is 3. The Bertz CT molecular complexity index is 976. The van der Waals surface area contributed by atoms with Gasteiger partial charge in [0, 0.05) is 31.6 Å². The van der Waals surface area contributed by atoms with E-state index in [1.54, 1.807) is 11.0 Å². The van der Waals surface area contributed by atoms with Crippen LogP contribution in [0.15, 0.2) is 28.5 Å². The second kappa shape index (κ2) is 7.93. The Morgan fingerprint density at radius 2 is 1.82 bits per heavy atom. The lowest BCUT2D eigenvalue weighted by atomic mass is 9.92. The Hall–Kier alpha value is -1.77. The quantitative estimate of drug-likeness (QED) is 0.763. The van der Waals surface area contributed by atoms with Crippen molar-refractivity contribution in [2.75, 3.05) is 26.2 Å². The second-order valence-electron chi connectivity index (χ2n) is 7.46. The van der Waals surface area contributed by atoms with Crippen LogP contribution in [-0.2, 0) is 34.1 Å². The van der Waals surface area contributed by atoms with Gasteiger partial charge in [0.05, 0.1) is 22.0 Å². The topological polar surface area (TPSA) is 70.6 Å². The van der Waals surface area contributed by atoms with E-state index in [-0.39, 0.29) is 12.3 Å². The van der Waals surface area contributed by atoms with Crippen molar-refractivity contribution in [1.82, 2.24) is 14.2 Å². The normalized spacial score (nSPS) is 18.1. The number of piperazine rings is 1. The van der Waals surface area contributed by atoms with Crippen LogP contribution < -0.4 is 0 Å². The molecule has 28 heavy (non-hydrogen) atoms. The maximum Gasteiger partial charge on any atom is 0.243 e. The standard InChI is InChI=1S/C20H25N3O3S2/c1-15-21-18(14-27-15)13-20(24)22-8-10-23(11-9-22)28(25,26)19-7-6-16-4-2-3-5-17(16)12-19/h6-7,12,14H,2-5,8-11,13H2,1H3. The first-order valence-corrected chi connectivity index (χ1v) is 12.1. The summed E-state index contributed by atoms with van der Waals surface area (Å²) in [5, 5.41) is 2.85. The molecule has 1 amide bonds. The molecule has 1 aromatic carbocycles. The number of carbonyl (C=O) groups excluding carboxylic acids is 1. The monoisotopic (exact) mass is 419 g/mol. The zero-order valence-corrected chi connectivity index (χ0v) is 17.7. The molecule has 0 atom stereocenters. The van der Waals surface area contributed by atoms with Gasteiger partial charge >= 0.3 is 0 Å². The fourth-order valence-electron chi connectivity index (χ4n) is 3.95. The van der Waals surface area contributed by atoms with Crippen molar-refractivity contribution in [1.29, 1.82) is 0 Å². The van der Waals surface area contributed by atoms with Gasteiger partial charge in [0.25, 0.3) is 0 Å². The lowest BCUT2D eigenvalue weighted by Crippen LogP contribution is -2.50. The first kappa shape index (κ1) is 19.5. The van der Waals surface area contributed by atoms with E-state index in [1.807, 2.05) is 24.4 Å². The Labute approximate surface area is 170 Å². The molecule has 1 aliphatic carbocycles. The van der Waals surface area contributed by atoms with Gasteiger partial charge in [-0.2, -0.15) is 4.31 Å². The van der Waals surface area contributed by atoms with E-state index in [2.05, 4.69) is 4.98 Å². The highest BCUT2D eigenvalue weighted by Gasteiger charge is 2.30. The molecule has 150 valence electrons. The van der Waals surface area contributed by atoms with Crippen molar-refractivity contribution in [3.8, 4) is 0 Å². The molecule has 1 aromatic heterocycles. The van der Waals surface area contributed by atoms with E-state index in [1.165, 1.54) is 33.2 Å². The third-order valence-electron chi connectivity index (χ3n) is 5.55. The summed E-state index contributed by atoms with van der Waals surface area (Å²) in [7, 11) is -3.52. The highest BCUT2D eigenvalue weighted by atomic mass is 32.2. The predicted octanol–water partition coefficient (Wildman–Crippen LogP) is 2.41. The van der Waals surface area contributed by atoms with Crippen molar-refractivity contribution in [3.63, 3.8) is 0 Å². The average Bonchev–Trinajstić information content (AvgIpc) is 3.12. The number of aromatic nitrogens is 1. The van der Waals surface area contributed by atoms with Crippen LogP contribution >= 0.6 is 11.3 Å². The summed E-state index contributed by atoms with van der Waals surface area (Å²) in [4.78, 5) is 18.9. The predicted molar refractivity (Wildman–Crippen MR) is 109 cm³/mol. The van der Waals surface area contributed by atoms with E-state index in [0.29, 0.717) is 31.1 Å². The van der Waals surface area contributed by atoms with Crippen LogP contribution in [0.3, 0.4) is 0 Å². The van der Waals surface area contributed by atoms with E-state index in [4.69, 9.17) is 0 Å². The summed E-state index contributed by atoms with van der Waals surface area (Å²) >= 11 is 1.53. The molecule has 1 saturated heterocycles. The molecule has 2 aliphatic rings. The first-order chi connectivity index (χ1) is 13.4. The fourth-order valence-corrected chi connectivity index (χ4v) is 6.04. The van der Waals surface area contributed by atoms with Crippen LogP contribution in [0.1, 0.15) is 34.7 Å². The molecule has 0 radical (unpaired) electrons. The van der Waals surface area contributed by atoms with Gasteiger partial charge in [-0.15, -0.1) is 11.3 Å². The van der Waals surface area contributed by atoms with Crippen LogP contribution in [0.5, 0.6) is 0 Å². The summed E-state index contributed by atoms with van der Waals surface area (Å²) in [6.45, 7) is 3.43.